The van der Waals surface area contributed by atoms with Crippen molar-refractivity contribution in [2.24, 2.45) is 0 Å². The van der Waals surface area contributed by atoms with E-state index in [-0.39, 0.29) is 5.91 Å². The van der Waals surface area contributed by atoms with Crippen molar-refractivity contribution in [1.82, 2.24) is 14.8 Å². The van der Waals surface area contributed by atoms with Crippen molar-refractivity contribution in [3.05, 3.63) is 40.8 Å². The lowest BCUT2D eigenvalue weighted by Crippen LogP contribution is -2.38. The summed E-state index contributed by atoms with van der Waals surface area (Å²) < 4.78 is 7.30. The maximum Gasteiger partial charge on any atom is 0.263 e. The number of hydrogen-bond donors (Lipinski definition) is 1. The van der Waals surface area contributed by atoms with Crippen LogP contribution in [-0.4, -0.2) is 54.8 Å². The van der Waals surface area contributed by atoms with Crippen LogP contribution in [-0.2, 0) is 4.74 Å². The molecule has 0 atom stereocenters. The average Bonchev–Trinajstić information content (AvgIpc) is 3.22. The fraction of sp³-hybridized carbons (Fsp3) is 0.438. The summed E-state index contributed by atoms with van der Waals surface area (Å²) in [5.74, 6) is 0.0145. The Morgan fingerprint density at radius 1 is 1.27 bits per heavy atom. The summed E-state index contributed by atoms with van der Waals surface area (Å²) in [6, 6.07) is 5.90. The molecule has 1 aliphatic rings. The van der Waals surface area contributed by atoms with Gasteiger partial charge in [0, 0.05) is 32.0 Å². The van der Waals surface area contributed by atoms with Crippen molar-refractivity contribution >= 4 is 17.2 Å². The highest BCUT2D eigenvalue weighted by molar-refractivity contribution is 7.12. The van der Waals surface area contributed by atoms with Crippen LogP contribution in [0.3, 0.4) is 0 Å². The molecule has 22 heavy (non-hydrogen) atoms. The van der Waals surface area contributed by atoms with E-state index in [4.69, 9.17) is 4.74 Å². The summed E-state index contributed by atoms with van der Waals surface area (Å²) in [4.78, 5) is 15.5. The Bertz CT molecular complexity index is 588. The third kappa shape index (κ3) is 3.76. The molecule has 2 aromatic heterocycles. The van der Waals surface area contributed by atoms with Crippen molar-refractivity contribution in [3.8, 4) is 5.69 Å². The molecule has 0 spiro atoms. The van der Waals surface area contributed by atoms with Crippen LogP contribution < -0.4 is 5.32 Å². The second-order valence-electron chi connectivity index (χ2n) is 5.29. The Labute approximate surface area is 134 Å². The third-order valence-electron chi connectivity index (χ3n) is 3.77. The van der Waals surface area contributed by atoms with Gasteiger partial charge in [-0.3, -0.25) is 9.69 Å². The van der Waals surface area contributed by atoms with Crippen LogP contribution in [0.5, 0.6) is 0 Å². The Balaban J connectivity index is 1.47. The molecule has 0 aliphatic carbocycles. The molecule has 0 saturated carbocycles. The number of nitrogens with one attached hydrogen (secondary N) is 1. The number of rotatable bonds is 6. The van der Waals surface area contributed by atoms with E-state index >= 15 is 0 Å². The second-order valence-corrected chi connectivity index (χ2v) is 6.20. The number of thiophene rings is 1. The van der Waals surface area contributed by atoms with Gasteiger partial charge in [-0.1, -0.05) is 0 Å². The first-order valence-corrected chi connectivity index (χ1v) is 8.52. The van der Waals surface area contributed by atoms with Gasteiger partial charge in [0.25, 0.3) is 5.91 Å². The zero-order chi connectivity index (χ0) is 15.2. The predicted octanol–water partition coefficient (Wildman–Crippen LogP) is 1.99. The SMILES string of the molecule is O=C(NCCCN1CCOCC1)c1sccc1-n1cccc1. The van der Waals surface area contributed by atoms with Gasteiger partial charge in [-0.15, -0.1) is 11.3 Å². The van der Waals surface area contributed by atoms with Gasteiger partial charge in [0.05, 0.1) is 18.9 Å². The molecule has 0 unspecified atom stereocenters. The molecule has 3 heterocycles. The molecular weight excluding hydrogens is 298 g/mol. The van der Waals surface area contributed by atoms with Gasteiger partial charge in [0.15, 0.2) is 0 Å². The highest BCUT2D eigenvalue weighted by atomic mass is 32.1. The van der Waals surface area contributed by atoms with E-state index in [1.807, 2.05) is 40.5 Å². The lowest BCUT2D eigenvalue weighted by Gasteiger charge is -2.26. The molecule has 0 aromatic carbocycles. The molecule has 1 saturated heterocycles. The van der Waals surface area contributed by atoms with Crippen molar-refractivity contribution in [2.45, 2.75) is 6.42 Å². The largest absolute Gasteiger partial charge is 0.379 e. The lowest BCUT2D eigenvalue weighted by atomic mass is 10.3. The van der Waals surface area contributed by atoms with Gasteiger partial charge in [0.1, 0.15) is 4.88 Å². The van der Waals surface area contributed by atoms with E-state index in [2.05, 4.69) is 10.2 Å². The van der Waals surface area contributed by atoms with Crippen molar-refractivity contribution in [2.75, 3.05) is 39.4 Å². The van der Waals surface area contributed by atoms with Crippen LogP contribution in [0.4, 0.5) is 0 Å². The smallest absolute Gasteiger partial charge is 0.263 e. The van der Waals surface area contributed by atoms with Gasteiger partial charge < -0.3 is 14.6 Å². The fourth-order valence-corrected chi connectivity index (χ4v) is 3.39. The van der Waals surface area contributed by atoms with Crippen LogP contribution in [0.25, 0.3) is 5.69 Å². The van der Waals surface area contributed by atoms with Gasteiger partial charge >= 0.3 is 0 Å². The topological polar surface area (TPSA) is 46.5 Å². The number of hydrogen-bond acceptors (Lipinski definition) is 4. The minimum Gasteiger partial charge on any atom is -0.379 e. The lowest BCUT2D eigenvalue weighted by molar-refractivity contribution is 0.0374. The molecule has 2 aromatic rings. The maximum atomic E-state index is 12.3. The van der Waals surface area contributed by atoms with Crippen LogP contribution in [0.2, 0.25) is 0 Å². The van der Waals surface area contributed by atoms with Crippen LogP contribution in [0, 0.1) is 0 Å². The molecule has 5 nitrogen and oxygen atoms in total. The number of carbonyl (C=O) groups is 1. The van der Waals surface area contributed by atoms with Crippen molar-refractivity contribution in [1.29, 1.82) is 0 Å². The van der Waals surface area contributed by atoms with E-state index in [0.29, 0.717) is 6.54 Å². The molecule has 1 N–H and O–H groups in total. The summed E-state index contributed by atoms with van der Waals surface area (Å²) in [7, 11) is 0. The summed E-state index contributed by atoms with van der Waals surface area (Å²) in [6.45, 7) is 5.36. The van der Waals surface area contributed by atoms with E-state index in [1.54, 1.807) is 0 Å². The Hall–Kier alpha value is -1.63. The van der Waals surface area contributed by atoms with Crippen LogP contribution >= 0.6 is 11.3 Å². The number of morpholine rings is 1. The van der Waals surface area contributed by atoms with E-state index in [0.717, 1.165) is 49.8 Å². The average molecular weight is 319 g/mol. The molecule has 1 amide bonds. The number of aromatic nitrogens is 1. The minimum atomic E-state index is 0.0145. The first-order valence-electron chi connectivity index (χ1n) is 7.64. The molecule has 1 fully saturated rings. The summed E-state index contributed by atoms with van der Waals surface area (Å²) >= 11 is 1.48. The van der Waals surface area contributed by atoms with Crippen LogP contribution in [0.1, 0.15) is 16.1 Å². The van der Waals surface area contributed by atoms with Gasteiger partial charge in [-0.25, -0.2) is 0 Å². The quantitative estimate of drug-likeness (QED) is 0.828. The zero-order valence-corrected chi connectivity index (χ0v) is 13.3. The summed E-state index contributed by atoms with van der Waals surface area (Å²) in [5, 5.41) is 4.98. The van der Waals surface area contributed by atoms with E-state index in [1.165, 1.54) is 11.3 Å². The molecule has 6 heteroatoms. The molecular formula is C16H21N3O2S. The van der Waals surface area contributed by atoms with Crippen molar-refractivity contribution in [3.63, 3.8) is 0 Å². The normalized spacial score (nSPS) is 15.8. The van der Waals surface area contributed by atoms with Crippen molar-refractivity contribution < 1.29 is 9.53 Å². The summed E-state index contributed by atoms with van der Waals surface area (Å²) in [6.07, 6.45) is 4.88. The summed E-state index contributed by atoms with van der Waals surface area (Å²) in [5.41, 5.74) is 0.945. The highest BCUT2D eigenvalue weighted by Gasteiger charge is 2.14. The maximum absolute atomic E-state index is 12.3. The third-order valence-corrected chi connectivity index (χ3v) is 4.68. The number of carbonyl (C=O) groups excluding carboxylic acids is 1. The Morgan fingerprint density at radius 3 is 2.82 bits per heavy atom. The van der Waals surface area contributed by atoms with Gasteiger partial charge in [-0.05, 0) is 36.5 Å². The first-order chi connectivity index (χ1) is 10.8. The monoisotopic (exact) mass is 319 g/mol. The molecule has 0 radical (unpaired) electrons. The highest BCUT2D eigenvalue weighted by Crippen LogP contribution is 2.21. The minimum absolute atomic E-state index is 0.0145. The van der Waals surface area contributed by atoms with Gasteiger partial charge in [0.2, 0.25) is 0 Å². The predicted molar refractivity (Wildman–Crippen MR) is 87.9 cm³/mol. The Morgan fingerprint density at radius 2 is 2.05 bits per heavy atom. The standard InChI is InChI=1S/C16H21N3O2S/c20-16(17-5-3-6-18-9-11-21-12-10-18)15-14(4-13-22-15)19-7-1-2-8-19/h1-2,4,7-8,13H,3,5-6,9-12H2,(H,17,20). The Kier molecular flexibility index (Phi) is 5.26. The zero-order valence-electron chi connectivity index (χ0n) is 12.5. The second kappa shape index (κ2) is 7.58. The molecule has 3 rings (SSSR count). The number of nitrogens with zero attached hydrogens (tertiary/aromatic N) is 2. The van der Waals surface area contributed by atoms with E-state index < -0.39 is 0 Å². The number of amides is 1. The first kappa shape index (κ1) is 15.3. The van der Waals surface area contributed by atoms with Gasteiger partial charge in [-0.2, -0.15) is 0 Å². The van der Waals surface area contributed by atoms with Crippen LogP contribution in [0.15, 0.2) is 36.0 Å². The molecule has 1 aliphatic heterocycles. The number of ether oxygens (including phenoxy) is 1. The molecule has 118 valence electrons. The van der Waals surface area contributed by atoms with E-state index in [9.17, 15) is 4.79 Å². The fourth-order valence-electron chi connectivity index (χ4n) is 2.58. The molecule has 0 bridgehead atoms.